The fraction of sp³-hybridized carbons (Fsp3) is 0.500. The SMILES string of the molecule is Cc1cc(C(=O)N[C@H](CO)C(C)C)ccn1. The molecular formula is C12H18N2O2. The Morgan fingerprint density at radius 2 is 2.25 bits per heavy atom. The average molecular weight is 222 g/mol. The second kappa shape index (κ2) is 5.61. The van der Waals surface area contributed by atoms with Gasteiger partial charge in [0, 0.05) is 17.5 Å². The van der Waals surface area contributed by atoms with Crippen LogP contribution in [0, 0.1) is 12.8 Å². The monoisotopic (exact) mass is 222 g/mol. The predicted octanol–water partition coefficient (Wildman–Crippen LogP) is 1.14. The van der Waals surface area contributed by atoms with E-state index in [1.165, 1.54) is 0 Å². The Bertz CT molecular complexity index is 364. The zero-order chi connectivity index (χ0) is 12.1. The molecule has 4 heteroatoms. The summed E-state index contributed by atoms with van der Waals surface area (Å²) in [6.07, 6.45) is 1.60. The summed E-state index contributed by atoms with van der Waals surface area (Å²) in [6, 6.07) is 3.18. The fourth-order valence-electron chi connectivity index (χ4n) is 1.36. The number of carbonyl (C=O) groups is 1. The zero-order valence-corrected chi connectivity index (χ0v) is 9.90. The molecule has 0 bridgehead atoms. The van der Waals surface area contributed by atoms with Crippen LogP contribution in [0.4, 0.5) is 0 Å². The molecule has 0 unspecified atom stereocenters. The number of aliphatic hydroxyl groups excluding tert-OH is 1. The van der Waals surface area contributed by atoms with Gasteiger partial charge in [-0.3, -0.25) is 9.78 Å². The van der Waals surface area contributed by atoms with Crippen molar-refractivity contribution >= 4 is 5.91 Å². The maximum atomic E-state index is 11.8. The number of pyridine rings is 1. The van der Waals surface area contributed by atoms with Crippen molar-refractivity contribution in [3.8, 4) is 0 Å². The number of aromatic nitrogens is 1. The van der Waals surface area contributed by atoms with Gasteiger partial charge in [-0.2, -0.15) is 0 Å². The molecule has 4 nitrogen and oxygen atoms in total. The minimum Gasteiger partial charge on any atom is -0.394 e. The van der Waals surface area contributed by atoms with Gasteiger partial charge in [-0.05, 0) is 25.0 Å². The van der Waals surface area contributed by atoms with Crippen LogP contribution in [0.1, 0.15) is 29.9 Å². The van der Waals surface area contributed by atoms with Crippen LogP contribution in [-0.4, -0.2) is 28.6 Å². The first-order chi connectivity index (χ1) is 7.54. The van der Waals surface area contributed by atoms with Crippen molar-refractivity contribution in [2.45, 2.75) is 26.8 Å². The van der Waals surface area contributed by atoms with Crippen molar-refractivity contribution in [3.63, 3.8) is 0 Å². The quantitative estimate of drug-likeness (QED) is 0.803. The molecule has 1 rings (SSSR count). The Labute approximate surface area is 95.7 Å². The van der Waals surface area contributed by atoms with E-state index in [-0.39, 0.29) is 24.5 Å². The van der Waals surface area contributed by atoms with Crippen molar-refractivity contribution in [2.75, 3.05) is 6.61 Å². The number of aliphatic hydroxyl groups is 1. The molecule has 1 heterocycles. The first-order valence-corrected chi connectivity index (χ1v) is 5.39. The Morgan fingerprint density at radius 1 is 1.56 bits per heavy atom. The number of carbonyl (C=O) groups excluding carboxylic acids is 1. The Hall–Kier alpha value is -1.42. The highest BCUT2D eigenvalue weighted by atomic mass is 16.3. The van der Waals surface area contributed by atoms with Gasteiger partial charge in [-0.1, -0.05) is 13.8 Å². The summed E-state index contributed by atoms with van der Waals surface area (Å²) in [5.41, 5.74) is 1.38. The van der Waals surface area contributed by atoms with Crippen LogP contribution in [0.25, 0.3) is 0 Å². The van der Waals surface area contributed by atoms with Crippen LogP contribution in [0.3, 0.4) is 0 Å². The largest absolute Gasteiger partial charge is 0.394 e. The summed E-state index contributed by atoms with van der Waals surface area (Å²) in [4.78, 5) is 15.8. The lowest BCUT2D eigenvalue weighted by atomic mass is 10.0. The molecule has 16 heavy (non-hydrogen) atoms. The number of hydrogen-bond donors (Lipinski definition) is 2. The first-order valence-electron chi connectivity index (χ1n) is 5.39. The Balaban J connectivity index is 2.72. The van der Waals surface area contributed by atoms with Crippen LogP contribution in [0.5, 0.6) is 0 Å². The number of aryl methyl sites for hydroxylation is 1. The third-order valence-electron chi connectivity index (χ3n) is 2.48. The molecular weight excluding hydrogens is 204 g/mol. The highest BCUT2D eigenvalue weighted by Gasteiger charge is 2.16. The van der Waals surface area contributed by atoms with E-state index in [1.54, 1.807) is 18.3 Å². The molecule has 0 aromatic carbocycles. The summed E-state index contributed by atoms with van der Waals surface area (Å²) < 4.78 is 0. The second-order valence-corrected chi connectivity index (χ2v) is 4.19. The Morgan fingerprint density at radius 3 is 2.75 bits per heavy atom. The number of hydrogen-bond acceptors (Lipinski definition) is 3. The van der Waals surface area contributed by atoms with Crippen molar-refractivity contribution in [1.29, 1.82) is 0 Å². The van der Waals surface area contributed by atoms with Crippen molar-refractivity contribution < 1.29 is 9.90 Å². The third-order valence-corrected chi connectivity index (χ3v) is 2.48. The number of nitrogens with zero attached hydrogens (tertiary/aromatic N) is 1. The van der Waals surface area contributed by atoms with E-state index < -0.39 is 0 Å². The summed E-state index contributed by atoms with van der Waals surface area (Å²) in [6.45, 7) is 5.70. The topological polar surface area (TPSA) is 62.2 Å². The molecule has 1 aromatic rings. The van der Waals surface area contributed by atoms with Gasteiger partial charge >= 0.3 is 0 Å². The molecule has 1 atom stereocenters. The third kappa shape index (κ3) is 3.31. The van der Waals surface area contributed by atoms with Crippen LogP contribution in [-0.2, 0) is 0 Å². The molecule has 0 aliphatic heterocycles. The summed E-state index contributed by atoms with van der Waals surface area (Å²) >= 11 is 0. The van der Waals surface area contributed by atoms with Gasteiger partial charge in [0.25, 0.3) is 5.91 Å². The summed E-state index contributed by atoms with van der Waals surface area (Å²) in [5.74, 6) is 0.0372. The number of rotatable bonds is 4. The second-order valence-electron chi connectivity index (χ2n) is 4.19. The maximum absolute atomic E-state index is 11.8. The average Bonchev–Trinajstić information content (AvgIpc) is 2.25. The normalized spacial score (nSPS) is 12.6. The minimum atomic E-state index is -0.207. The highest BCUT2D eigenvalue weighted by Crippen LogP contribution is 2.04. The van der Waals surface area contributed by atoms with E-state index >= 15 is 0 Å². The van der Waals surface area contributed by atoms with E-state index in [9.17, 15) is 4.79 Å². The number of nitrogens with one attached hydrogen (secondary N) is 1. The van der Waals surface area contributed by atoms with Crippen LogP contribution in [0.15, 0.2) is 18.3 Å². The van der Waals surface area contributed by atoms with Gasteiger partial charge in [-0.25, -0.2) is 0 Å². The summed E-state index contributed by atoms with van der Waals surface area (Å²) in [5, 5.41) is 11.9. The van der Waals surface area contributed by atoms with Gasteiger partial charge in [0.15, 0.2) is 0 Å². The number of amides is 1. The van der Waals surface area contributed by atoms with Gasteiger partial charge in [0.05, 0.1) is 12.6 Å². The van der Waals surface area contributed by atoms with Gasteiger partial charge in [0.1, 0.15) is 0 Å². The lowest BCUT2D eigenvalue weighted by Crippen LogP contribution is -2.41. The van der Waals surface area contributed by atoms with Crippen molar-refractivity contribution in [3.05, 3.63) is 29.6 Å². The molecule has 0 radical (unpaired) electrons. The van der Waals surface area contributed by atoms with Crippen molar-refractivity contribution in [1.82, 2.24) is 10.3 Å². The lowest BCUT2D eigenvalue weighted by molar-refractivity contribution is 0.0896. The molecule has 88 valence electrons. The van der Waals surface area contributed by atoms with Gasteiger partial charge in [-0.15, -0.1) is 0 Å². The smallest absolute Gasteiger partial charge is 0.251 e. The van der Waals surface area contributed by atoms with E-state index in [2.05, 4.69) is 10.3 Å². The molecule has 0 fully saturated rings. The fourth-order valence-corrected chi connectivity index (χ4v) is 1.36. The molecule has 0 saturated carbocycles. The summed E-state index contributed by atoms with van der Waals surface area (Å²) in [7, 11) is 0. The molecule has 0 saturated heterocycles. The van der Waals surface area contributed by atoms with Gasteiger partial charge in [0.2, 0.25) is 0 Å². The molecule has 0 aliphatic carbocycles. The van der Waals surface area contributed by atoms with E-state index in [1.807, 2.05) is 20.8 Å². The van der Waals surface area contributed by atoms with Crippen molar-refractivity contribution in [2.24, 2.45) is 5.92 Å². The Kier molecular flexibility index (Phi) is 4.43. The zero-order valence-electron chi connectivity index (χ0n) is 9.90. The molecule has 0 spiro atoms. The van der Waals surface area contributed by atoms with E-state index in [4.69, 9.17) is 5.11 Å². The van der Waals surface area contributed by atoms with Crippen LogP contribution >= 0.6 is 0 Å². The maximum Gasteiger partial charge on any atom is 0.251 e. The molecule has 2 N–H and O–H groups in total. The molecule has 1 aromatic heterocycles. The van der Waals surface area contributed by atoms with E-state index in [0.717, 1.165) is 5.69 Å². The predicted molar refractivity (Wildman–Crippen MR) is 62.2 cm³/mol. The molecule has 0 aliphatic rings. The highest BCUT2D eigenvalue weighted by molar-refractivity contribution is 5.94. The first kappa shape index (κ1) is 12.6. The van der Waals surface area contributed by atoms with E-state index in [0.29, 0.717) is 5.56 Å². The van der Waals surface area contributed by atoms with Crippen LogP contribution in [0.2, 0.25) is 0 Å². The van der Waals surface area contributed by atoms with Gasteiger partial charge < -0.3 is 10.4 Å². The standard InChI is InChI=1S/C12H18N2O2/c1-8(2)11(7-15)14-12(16)10-4-5-13-9(3)6-10/h4-6,8,11,15H,7H2,1-3H3,(H,14,16)/t11-/m1/s1. The van der Waals surface area contributed by atoms with Crippen LogP contribution < -0.4 is 5.32 Å². The minimum absolute atomic E-state index is 0.0481. The molecule has 1 amide bonds. The lowest BCUT2D eigenvalue weighted by Gasteiger charge is -2.19.